The van der Waals surface area contributed by atoms with E-state index in [1.54, 1.807) is 6.20 Å². The van der Waals surface area contributed by atoms with Gasteiger partial charge in [0, 0.05) is 25.2 Å². The van der Waals surface area contributed by atoms with Crippen LogP contribution >= 0.6 is 0 Å². The zero-order valence-corrected chi connectivity index (χ0v) is 13.5. The number of carbonyl (C=O) groups excluding carboxylic acids is 1. The number of carbonyl (C=O) groups is 1. The maximum atomic E-state index is 12.9. The van der Waals surface area contributed by atoms with E-state index in [9.17, 15) is 4.79 Å². The van der Waals surface area contributed by atoms with E-state index in [4.69, 9.17) is 5.73 Å². The largest absolute Gasteiger partial charge is 0.383 e. The Bertz CT molecular complexity index is 652. The Morgan fingerprint density at radius 3 is 2.87 bits per heavy atom. The Labute approximate surface area is 137 Å². The van der Waals surface area contributed by atoms with Gasteiger partial charge in [0.15, 0.2) is 0 Å². The van der Waals surface area contributed by atoms with Crippen molar-refractivity contribution in [2.45, 2.75) is 50.9 Å². The number of nitrogens with two attached hydrogens (primary N) is 1. The molecule has 1 unspecified atom stereocenters. The van der Waals surface area contributed by atoms with E-state index in [1.165, 1.54) is 12.8 Å². The maximum Gasteiger partial charge on any atom is 0.259 e. The Kier molecular flexibility index (Phi) is 3.58. The molecule has 1 aromatic heterocycles. The lowest BCUT2D eigenvalue weighted by molar-refractivity contribution is 0.0484. The highest BCUT2D eigenvalue weighted by atomic mass is 16.2. The van der Waals surface area contributed by atoms with E-state index >= 15 is 0 Å². The fourth-order valence-corrected chi connectivity index (χ4v) is 3.98. The zero-order valence-electron chi connectivity index (χ0n) is 13.5. The summed E-state index contributed by atoms with van der Waals surface area (Å²) < 4.78 is 0. The first kappa shape index (κ1) is 14.7. The van der Waals surface area contributed by atoms with E-state index in [0.717, 1.165) is 51.0 Å². The van der Waals surface area contributed by atoms with E-state index in [0.29, 0.717) is 17.3 Å². The summed E-state index contributed by atoms with van der Waals surface area (Å²) in [6.45, 7) is 1.65. The lowest BCUT2D eigenvalue weighted by Gasteiger charge is -2.44. The summed E-state index contributed by atoms with van der Waals surface area (Å²) >= 11 is 0. The molecule has 5 nitrogen and oxygen atoms in total. The molecule has 5 heteroatoms. The van der Waals surface area contributed by atoms with Crippen LogP contribution in [-0.2, 0) is 0 Å². The Hall–Kier alpha value is -1.91. The molecule has 2 fully saturated rings. The van der Waals surface area contributed by atoms with Gasteiger partial charge in [-0.15, -0.1) is 0 Å². The highest BCUT2D eigenvalue weighted by Gasteiger charge is 2.37. The van der Waals surface area contributed by atoms with Crippen LogP contribution in [0.1, 0.15) is 67.0 Å². The summed E-state index contributed by atoms with van der Waals surface area (Å²) in [7, 11) is 0. The molecule has 2 aliphatic carbocycles. The molecule has 0 bridgehead atoms. The number of rotatable bonds is 2. The van der Waals surface area contributed by atoms with Crippen LogP contribution in [0.4, 0.5) is 5.82 Å². The molecule has 1 saturated heterocycles. The van der Waals surface area contributed by atoms with Crippen LogP contribution in [0.3, 0.4) is 0 Å². The van der Waals surface area contributed by atoms with Crippen molar-refractivity contribution in [3.8, 4) is 0 Å². The first-order valence-corrected chi connectivity index (χ1v) is 8.74. The molecule has 23 heavy (non-hydrogen) atoms. The summed E-state index contributed by atoms with van der Waals surface area (Å²) in [6.07, 6.45) is 14.1. The lowest BCUT2D eigenvalue weighted by Crippen LogP contribution is -2.46. The van der Waals surface area contributed by atoms with Gasteiger partial charge in [-0.2, -0.15) is 0 Å². The normalized spacial score (nSPS) is 27.4. The fourth-order valence-electron chi connectivity index (χ4n) is 3.98. The minimum atomic E-state index is -0.00141. The SMILES string of the molecule is Nc1nc(C2CC2)ncc1C(=O)N1CCCC2(CC=CCC2)C1. The molecule has 0 aromatic carbocycles. The number of likely N-dealkylation sites (tertiary alicyclic amines) is 1. The van der Waals surface area contributed by atoms with Gasteiger partial charge in [-0.3, -0.25) is 4.79 Å². The van der Waals surface area contributed by atoms with Crippen molar-refractivity contribution < 1.29 is 4.79 Å². The average Bonchev–Trinajstić information content (AvgIpc) is 3.40. The third-order valence-corrected chi connectivity index (χ3v) is 5.52. The maximum absolute atomic E-state index is 12.9. The smallest absolute Gasteiger partial charge is 0.259 e. The first-order chi connectivity index (χ1) is 11.2. The molecule has 1 amide bonds. The highest BCUT2D eigenvalue weighted by Crippen LogP contribution is 2.41. The molecule has 1 aliphatic heterocycles. The number of anilines is 1. The third-order valence-electron chi connectivity index (χ3n) is 5.52. The van der Waals surface area contributed by atoms with E-state index in [1.807, 2.05) is 4.90 Å². The lowest BCUT2D eigenvalue weighted by atomic mass is 9.71. The quantitative estimate of drug-likeness (QED) is 0.852. The Balaban J connectivity index is 1.53. The fraction of sp³-hybridized carbons (Fsp3) is 0.611. The minimum Gasteiger partial charge on any atom is -0.383 e. The standard InChI is InChI=1S/C18H24N4O/c19-15-14(11-20-16(21-15)13-5-6-13)17(23)22-10-4-9-18(12-22)7-2-1-3-8-18/h1-2,11,13H,3-10,12H2,(H2,19,20,21). The van der Waals surface area contributed by atoms with Gasteiger partial charge < -0.3 is 10.6 Å². The van der Waals surface area contributed by atoms with Gasteiger partial charge in [0.05, 0.1) is 0 Å². The van der Waals surface area contributed by atoms with Crippen LogP contribution in [0, 0.1) is 5.41 Å². The number of nitrogen functional groups attached to an aromatic ring is 1. The number of piperidine rings is 1. The molecule has 0 radical (unpaired) electrons. The summed E-state index contributed by atoms with van der Waals surface area (Å²) in [5, 5.41) is 0. The molecule has 1 saturated carbocycles. The number of aromatic nitrogens is 2. The molecule has 2 N–H and O–H groups in total. The van der Waals surface area contributed by atoms with Crippen molar-refractivity contribution in [2.75, 3.05) is 18.8 Å². The topological polar surface area (TPSA) is 72.1 Å². The van der Waals surface area contributed by atoms with E-state index in [-0.39, 0.29) is 11.3 Å². The van der Waals surface area contributed by atoms with Gasteiger partial charge in [-0.25, -0.2) is 9.97 Å². The molecule has 1 aromatic rings. The molecule has 4 rings (SSSR count). The molecule has 1 atom stereocenters. The van der Waals surface area contributed by atoms with Crippen molar-refractivity contribution >= 4 is 11.7 Å². The summed E-state index contributed by atoms with van der Waals surface area (Å²) in [5.74, 6) is 1.59. The van der Waals surface area contributed by atoms with Gasteiger partial charge in [0.25, 0.3) is 5.91 Å². The molecular weight excluding hydrogens is 288 g/mol. The van der Waals surface area contributed by atoms with Crippen molar-refractivity contribution in [1.82, 2.24) is 14.9 Å². The highest BCUT2D eigenvalue weighted by molar-refractivity contribution is 5.98. The van der Waals surface area contributed by atoms with Crippen LogP contribution in [0.25, 0.3) is 0 Å². The van der Waals surface area contributed by atoms with E-state index in [2.05, 4.69) is 22.1 Å². The predicted molar refractivity (Wildman–Crippen MR) is 89.0 cm³/mol. The van der Waals surface area contributed by atoms with Gasteiger partial charge in [0.1, 0.15) is 17.2 Å². The molecule has 1 spiro atoms. The van der Waals surface area contributed by atoms with Gasteiger partial charge >= 0.3 is 0 Å². The van der Waals surface area contributed by atoms with Gasteiger partial charge in [-0.1, -0.05) is 12.2 Å². The monoisotopic (exact) mass is 312 g/mol. The number of amides is 1. The van der Waals surface area contributed by atoms with Crippen LogP contribution < -0.4 is 5.73 Å². The third kappa shape index (κ3) is 2.84. The first-order valence-electron chi connectivity index (χ1n) is 8.74. The molecular formula is C18H24N4O. The molecule has 2 heterocycles. The summed E-state index contributed by atoms with van der Waals surface area (Å²) in [6, 6.07) is 0. The number of hydrogen-bond acceptors (Lipinski definition) is 4. The van der Waals surface area contributed by atoms with Crippen molar-refractivity contribution in [1.29, 1.82) is 0 Å². The minimum absolute atomic E-state index is 0.00141. The van der Waals surface area contributed by atoms with Crippen LogP contribution in [-0.4, -0.2) is 33.9 Å². The van der Waals surface area contributed by atoms with Crippen LogP contribution in [0.5, 0.6) is 0 Å². The second-order valence-electron chi connectivity index (χ2n) is 7.35. The Morgan fingerprint density at radius 1 is 1.30 bits per heavy atom. The Morgan fingerprint density at radius 2 is 2.17 bits per heavy atom. The number of nitrogens with zero attached hydrogens (tertiary/aromatic N) is 3. The van der Waals surface area contributed by atoms with Crippen LogP contribution in [0.15, 0.2) is 18.3 Å². The van der Waals surface area contributed by atoms with Crippen molar-refractivity contribution in [3.05, 3.63) is 29.7 Å². The van der Waals surface area contributed by atoms with Crippen LogP contribution in [0.2, 0.25) is 0 Å². The molecule has 122 valence electrons. The van der Waals surface area contributed by atoms with Gasteiger partial charge in [0.2, 0.25) is 0 Å². The zero-order chi connectivity index (χ0) is 15.9. The van der Waals surface area contributed by atoms with E-state index < -0.39 is 0 Å². The second-order valence-corrected chi connectivity index (χ2v) is 7.35. The van der Waals surface area contributed by atoms with Gasteiger partial charge in [-0.05, 0) is 50.4 Å². The van der Waals surface area contributed by atoms with Crippen molar-refractivity contribution in [3.63, 3.8) is 0 Å². The summed E-state index contributed by atoms with van der Waals surface area (Å²) in [4.78, 5) is 23.6. The number of allylic oxidation sites excluding steroid dienone is 2. The average molecular weight is 312 g/mol. The van der Waals surface area contributed by atoms with Crippen molar-refractivity contribution in [2.24, 2.45) is 5.41 Å². The predicted octanol–water partition coefficient (Wildman–Crippen LogP) is 2.90. The summed E-state index contributed by atoms with van der Waals surface area (Å²) in [5.41, 5.74) is 6.79. The number of hydrogen-bond donors (Lipinski definition) is 1. The molecule has 3 aliphatic rings. The second kappa shape index (κ2) is 5.62.